The number of hydrogen-bond acceptors (Lipinski definition) is 3. The molecule has 6 heteroatoms. The summed E-state index contributed by atoms with van der Waals surface area (Å²) in [5.74, 6) is 0.706. The van der Waals surface area contributed by atoms with Crippen LogP contribution in [-0.4, -0.2) is 57.1 Å². The van der Waals surface area contributed by atoms with Gasteiger partial charge in [-0.05, 0) is 38.3 Å². The number of urea groups is 1. The summed E-state index contributed by atoms with van der Waals surface area (Å²) in [6, 6.07) is -0.137. The van der Waals surface area contributed by atoms with Crippen molar-refractivity contribution in [2.24, 2.45) is 5.92 Å². The van der Waals surface area contributed by atoms with Gasteiger partial charge in [0.1, 0.15) is 0 Å². The van der Waals surface area contributed by atoms with Gasteiger partial charge in [0.15, 0.2) is 0 Å². The Labute approximate surface area is 115 Å². The molecule has 6 nitrogen and oxygen atoms in total. The zero-order valence-corrected chi connectivity index (χ0v) is 12.0. The van der Waals surface area contributed by atoms with Crippen LogP contribution in [0.15, 0.2) is 0 Å². The summed E-state index contributed by atoms with van der Waals surface area (Å²) in [7, 11) is 3.37. The summed E-state index contributed by atoms with van der Waals surface area (Å²) in [4.78, 5) is 24.3. The van der Waals surface area contributed by atoms with E-state index in [4.69, 9.17) is 0 Å². The molecule has 0 aromatic carbocycles. The Morgan fingerprint density at radius 3 is 2.63 bits per heavy atom. The third-order valence-electron chi connectivity index (χ3n) is 3.31. The van der Waals surface area contributed by atoms with Crippen LogP contribution in [0.2, 0.25) is 0 Å². The molecule has 1 aliphatic heterocycles. The fraction of sp³-hybridized carbons (Fsp3) is 0.846. The molecule has 1 rings (SSSR count). The summed E-state index contributed by atoms with van der Waals surface area (Å²) >= 11 is 0. The van der Waals surface area contributed by atoms with Crippen molar-refractivity contribution < 1.29 is 9.59 Å². The monoisotopic (exact) mass is 270 g/mol. The van der Waals surface area contributed by atoms with Crippen LogP contribution in [0.1, 0.15) is 25.7 Å². The minimum atomic E-state index is -0.137. The van der Waals surface area contributed by atoms with Gasteiger partial charge in [-0.3, -0.25) is 4.79 Å². The lowest BCUT2D eigenvalue weighted by Gasteiger charge is -2.22. The standard InChI is InChI=1S/C13H26N4O2/c1-17(2)13(19)16-9-8-15-12(18)6-5-11-4-3-7-14-10-11/h11,14H,3-10H2,1-2H3,(H,15,18)(H,16,19). The molecule has 1 aliphatic rings. The average molecular weight is 270 g/mol. The number of amides is 3. The van der Waals surface area contributed by atoms with Crippen molar-refractivity contribution in [1.82, 2.24) is 20.9 Å². The summed E-state index contributed by atoms with van der Waals surface area (Å²) in [5.41, 5.74) is 0. The van der Waals surface area contributed by atoms with Crippen molar-refractivity contribution in [1.29, 1.82) is 0 Å². The molecule has 0 bridgehead atoms. The van der Waals surface area contributed by atoms with Crippen LogP contribution in [0.5, 0.6) is 0 Å². The predicted octanol–water partition coefficient (Wildman–Crippen LogP) is 0.154. The molecule has 0 radical (unpaired) electrons. The summed E-state index contributed by atoms with van der Waals surface area (Å²) in [6.07, 6.45) is 3.96. The first-order valence-corrected chi connectivity index (χ1v) is 7.02. The van der Waals surface area contributed by atoms with Crippen molar-refractivity contribution in [2.45, 2.75) is 25.7 Å². The van der Waals surface area contributed by atoms with E-state index in [0.717, 1.165) is 19.5 Å². The van der Waals surface area contributed by atoms with E-state index in [1.807, 2.05) is 0 Å². The average Bonchev–Trinajstić information content (AvgIpc) is 2.42. The zero-order valence-electron chi connectivity index (χ0n) is 12.0. The van der Waals surface area contributed by atoms with Crippen molar-refractivity contribution in [2.75, 3.05) is 40.3 Å². The lowest BCUT2D eigenvalue weighted by atomic mass is 9.94. The van der Waals surface area contributed by atoms with Crippen LogP contribution in [0.3, 0.4) is 0 Å². The largest absolute Gasteiger partial charge is 0.354 e. The number of hydrogen-bond donors (Lipinski definition) is 3. The fourth-order valence-corrected chi connectivity index (χ4v) is 2.12. The highest BCUT2D eigenvalue weighted by Crippen LogP contribution is 2.15. The van der Waals surface area contributed by atoms with Crippen LogP contribution in [0.4, 0.5) is 4.79 Å². The molecular weight excluding hydrogens is 244 g/mol. The highest BCUT2D eigenvalue weighted by Gasteiger charge is 2.14. The third kappa shape index (κ3) is 7.00. The van der Waals surface area contributed by atoms with Gasteiger partial charge < -0.3 is 20.9 Å². The first-order chi connectivity index (χ1) is 9.09. The van der Waals surface area contributed by atoms with E-state index < -0.39 is 0 Å². The number of carbonyl (C=O) groups excluding carboxylic acids is 2. The van der Waals surface area contributed by atoms with Gasteiger partial charge in [0.2, 0.25) is 5.91 Å². The molecule has 0 aliphatic carbocycles. The van der Waals surface area contributed by atoms with E-state index in [1.54, 1.807) is 14.1 Å². The second-order valence-corrected chi connectivity index (χ2v) is 5.23. The summed E-state index contributed by atoms with van der Waals surface area (Å²) < 4.78 is 0. The van der Waals surface area contributed by atoms with Crippen LogP contribution < -0.4 is 16.0 Å². The molecule has 1 heterocycles. The maximum atomic E-state index is 11.6. The molecule has 110 valence electrons. The molecule has 0 aromatic rings. The Bertz CT molecular complexity index is 288. The minimum Gasteiger partial charge on any atom is -0.354 e. The van der Waals surface area contributed by atoms with Crippen LogP contribution in [0, 0.1) is 5.92 Å². The molecule has 1 fully saturated rings. The van der Waals surface area contributed by atoms with E-state index in [0.29, 0.717) is 25.4 Å². The zero-order chi connectivity index (χ0) is 14.1. The quantitative estimate of drug-likeness (QED) is 0.602. The molecule has 19 heavy (non-hydrogen) atoms. The molecule has 0 spiro atoms. The van der Waals surface area contributed by atoms with Gasteiger partial charge in [-0.15, -0.1) is 0 Å². The number of carbonyl (C=O) groups is 2. The second kappa shape index (κ2) is 8.74. The van der Waals surface area contributed by atoms with E-state index in [9.17, 15) is 9.59 Å². The molecular formula is C13H26N4O2. The molecule has 1 unspecified atom stereocenters. The molecule has 0 saturated carbocycles. The van der Waals surface area contributed by atoms with Gasteiger partial charge in [-0.1, -0.05) is 0 Å². The third-order valence-corrected chi connectivity index (χ3v) is 3.31. The highest BCUT2D eigenvalue weighted by molar-refractivity contribution is 5.76. The summed E-state index contributed by atoms with van der Waals surface area (Å²) in [5, 5.41) is 8.88. The topological polar surface area (TPSA) is 73.5 Å². The number of piperidine rings is 1. The van der Waals surface area contributed by atoms with Gasteiger partial charge in [0.05, 0.1) is 0 Å². The first-order valence-electron chi connectivity index (χ1n) is 7.02. The Hall–Kier alpha value is -1.30. The Morgan fingerprint density at radius 2 is 2.00 bits per heavy atom. The van der Waals surface area contributed by atoms with E-state index in [2.05, 4.69) is 16.0 Å². The minimum absolute atomic E-state index is 0.0738. The number of rotatable bonds is 6. The van der Waals surface area contributed by atoms with Crippen LogP contribution in [0.25, 0.3) is 0 Å². The van der Waals surface area contributed by atoms with Gasteiger partial charge in [0.25, 0.3) is 0 Å². The molecule has 1 saturated heterocycles. The van der Waals surface area contributed by atoms with Gasteiger partial charge in [0, 0.05) is 33.6 Å². The van der Waals surface area contributed by atoms with Crippen LogP contribution >= 0.6 is 0 Å². The first kappa shape index (κ1) is 15.8. The van der Waals surface area contributed by atoms with Crippen molar-refractivity contribution >= 4 is 11.9 Å². The number of nitrogens with zero attached hydrogens (tertiary/aromatic N) is 1. The van der Waals surface area contributed by atoms with Crippen LogP contribution in [-0.2, 0) is 4.79 Å². The highest BCUT2D eigenvalue weighted by atomic mass is 16.2. The predicted molar refractivity (Wildman–Crippen MR) is 74.9 cm³/mol. The van der Waals surface area contributed by atoms with Gasteiger partial charge in [-0.2, -0.15) is 0 Å². The SMILES string of the molecule is CN(C)C(=O)NCCNC(=O)CCC1CCCNC1. The van der Waals surface area contributed by atoms with Gasteiger partial charge >= 0.3 is 6.03 Å². The Kier molecular flexibility index (Phi) is 7.25. The molecule has 3 N–H and O–H groups in total. The Morgan fingerprint density at radius 1 is 1.26 bits per heavy atom. The van der Waals surface area contributed by atoms with E-state index in [-0.39, 0.29) is 11.9 Å². The van der Waals surface area contributed by atoms with E-state index in [1.165, 1.54) is 17.7 Å². The maximum absolute atomic E-state index is 11.6. The second-order valence-electron chi connectivity index (χ2n) is 5.23. The van der Waals surface area contributed by atoms with Crippen molar-refractivity contribution in [3.8, 4) is 0 Å². The molecule has 1 atom stereocenters. The van der Waals surface area contributed by atoms with Crippen molar-refractivity contribution in [3.05, 3.63) is 0 Å². The molecule has 3 amide bonds. The lowest BCUT2D eigenvalue weighted by Crippen LogP contribution is -2.39. The smallest absolute Gasteiger partial charge is 0.316 e. The lowest BCUT2D eigenvalue weighted by molar-refractivity contribution is -0.121. The Balaban J connectivity index is 2.00. The van der Waals surface area contributed by atoms with Gasteiger partial charge in [-0.25, -0.2) is 4.79 Å². The maximum Gasteiger partial charge on any atom is 0.316 e. The van der Waals surface area contributed by atoms with E-state index >= 15 is 0 Å². The number of nitrogens with one attached hydrogen (secondary N) is 3. The normalized spacial score (nSPS) is 18.7. The fourth-order valence-electron chi connectivity index (χ4n) is 2.12. The molecule has 0 aromatic heterocycles. The van der Waals surface area contributed by atoms with Crippen molar-refractivity contribution in [3.63, 3.8) is 0 Å². The summed E-state index contributed by atoms with van der Waals surface area (Å²) in [6.45, 7) is 3.09.